The lowest BCUT2D eigenvalue weighted by Gasteiger charge is -2.19. The SMILES string of the molecule is CCOC(=O)c1ccnc2c(-c3ccc(OCC(F)(F)C(F)(F)F)nn3)c(S(=O)(=O)CC)nn12. The van der Waals surface area contributed by atoms with Gasteiger partial charge in [0.2, 0.25) is 5.88 Å². The van der Waals surface area contributed by atoms with Gasteiger partial charge in [-0.15, -0.1) is 10.2 Å². The summed E-state index contributed by atoms with van der Waals surface area (Å²) in [6, 6.07) is 3.27. The van der Waals surface area contributed by atoms with Crippen LogP contribution in [-0.2, 0) is 14.6 Å². The Balaban J connectivity index is 2.07. The molecule has 0 aromatic carbocycles. The van der Waals surface area contributed by atoms with Crippen molar-refractivity contribution in [3.8, 4) is 17.1 Å². The maximum atomic E-state index is 13.1. The average molecular weight is 509 g/mol. The fourth-order valence-corrected chi connectivity index (χ4v) is 3.63. The zero-order valence-corrected chi connectivity index (χ0v) is 18.3. The van der Waals surface area contributed by atoms with E-state index in [2.05, 4.69) is 25.0 Å². The highest BCUT2D eigenvalue weighted by Gasteiger charge is 2.58. The molecule has 3 aromatic heterocycles. The van der Waals surface area contributed by atoms with Crippen molar-refractivity contribution in [3.63, 3.8) is 0 Å². The van der Waals surface area contributed by atoms with Gasteiger partial charge < -0.3 is 9.47 Å². The van der Waals surface area contributed by atoms with Gasteiger partial charge in [0.1, 0.15) is 5.69 Å². The number of aromatic nitrogens is 5. The topological polar surface area (TPSA) is 126 Å². The van der Waals surface area contributed by atoms with Crippen LogP contribution in [0.2, 0.25) is 0 Å². The number of carbonyl (C=O) groups excluding carboxylic acids is 1. The molecule has 0 N–H and O–H groups in total. The van der Waals surface area contributed by atoms with Crippen molar-refractivity contribution in [2.24, 2.45) is 0 Å². The van der Waals surface area contributed by atoms with E-state index in [1.165, 1.54) is 19.2 Å². The Morgan fingerprint density at radius 2 is 1.79 bits per heavy atom. The van der Waals surface area contributed by atoms with Crippen LogP contribution in [0.5, 0.6) is 5.88 Å². The highest BCUT2D eigenvalue weighted by Crippen LogP contribution is 2.36. The highest BCUT2D eigenvalue weighted by molar-refractivity contribution is 7.91. The summed E-state index contributed by atoms with van der Waals surface area (Å²) >= 11 is 0. The summed E-state index contributed by atoms with van der Waals surface area (Å²) in [5, 5.41) is 10.6. The van der Waals surface area contributed by atoms with E-state index in [0.29, 0.717) is 0 Å². The summed E-state index contributed by atoms with van der Waals surface area (Å²) < 4.78 is 98.6. The van der Waals surface area contributed by atoms with Gasteiger partial charge in [0.15, 0.2) is 32.8 Å². The standard InChI is InChI=1S/C18H16F5N5O5S/c1-3-32-16(29)11-7-8-24-14-13(15(27-28(11)14)34(30,31)4-2)10-5-6-12(26-25-10)33-9-17(19,20)18(21,22)23/h5-8H,3-4,9H2,1-2H3. The van der Waals surface area contributed by atoms with Crippen molar-refractivity contribution in [1.29, 1.82) is 0 Å². The Morgan fingerprint density at radius 1 is 1.09 bits per heavy atom. The number of hydrogen-bond acceptors (Lipinski definition) is 9. The largest absolute Gasteiger partial charge is 0.470 e. The van der Waals surface area contributed by atoms with Crippen LogP contribution in [0.3, 0.4) is 0 Å². The fourth-order valence-electron chi connectivity index (χ4n) is 2.64. The molecule has 0 radical (unpaired) electrons. The molecule has 3 aromatic rings. The molecule has 0 spiro atoms. The van der Waals surface area contributed by atoms with Gasteiger partial charge >= 0.3 is 18.1 Å². The van der Waals surface area contributed by atoms with Crippen LogP contribution in [-0.4, -0.2) is 70.2 Å². The molecule has 0 fully saturated rings. The van der Waals surface area contributed by atoms with Gasteiger partial charge in [-0.1, -0.05) is 6.92 Å². The van der Waals surface area contributed by atoms with E-state index in [1.54, 1.807) is 6.92 Å². The molecule has 0 saturated carbocycles. The van der Waals surface area contributed by atoms with Gasteiger partial charge in [-0.3, -0.25) is 0 Å². The Hall–Kier alpha value is -3.43. The molecule has 184 valence electrons. The van der Waals surface area contributed by atoms with Crippen LogP contribution >= 0.6 is 0 Å². The van der Waals surface area contributed by atoms with Gasteiger partial charge in [0.25, 0.3) is 0 Å². The molecule has 0 aliphatic rings. The third-order valence-corrected chi connectivity index (χ3v) is 5.99. The van der Waals surface area contributed by atoms with Crippen molar-refractivity contribution < 1.29 is 44.6 Å². The van der Waals surface area contributed by atoms with E-state index in [-0.39, 0.29) is 35.0 Å². The molecule has 10 nitrogen and oxygen atoms in total. The third kappa shape index (κ3) is 4.76. The lowest BCUT2D eigenvalue weighted by atomic mass is 10.2. The zero-order chi connectivity index (χ0) is 25.3. The Kier molecular flexibility index (Phi) is 6.73. The van der Waals surface area contributed by atoms with Crippen molar-refractivity contribution in [1.82, 2.24) is 24.8 Å². The number of alkyl halides is 5. The molecule has 34 heavy (non-hydrogen) atoms. The maximum absolute atomic E-state index is 13.1. The molecule has 0 bridgehead atoms. The predicted octanol–water partition coefficient (Wildman–Crippen LogP) is 2.73. The first-order valence-corrected chi connectivity index (χ1v) is 11.2. The number of nitrogens with zero attached hydrogens (tertiary/aromatic N) is 5. The number of fused-ring (bicyclic) bond motifs is 1. The van der Waals surface area contributed by atoms with Crippen LogP contribution in [0.4, 0.5) is 22.0 Å². The Morgan fingerprint density at radius 3 is 2.35 bits per heavy atom. The van der Waals surface area contributed by atoms with Crippen LogP contribution in [0.1, 0.15) is 24.3 Å². The third-order valence-electron chi connectivity index (χ3n) is 4.36. The van der Waals surface area contributed by atoms with Gasteiger partial charge in [-0.25, -0.2) is 22.7 Å². The van der Waals surface area contributed by atoms with E-state index in [4.69, 9.17) is 4.74 Å². The van der Waals surface area contributed by atoms with Crippen LogP contribution < -0.4 is 4.74 Å². The number of esters is 1. The van der Waals surface area contributed by atoms with E-state index < -0.39 is 45.4 Å². The number of carbonyl (C=O) groups is 1. The van der Waals surface area contributed by atoms with E-state index in [0.717, 1.165) is 16.6 Å². The van der Waals surface area contributed by atoms with Gasteiger partial charge in [-0.05, 0) is 19.1 Å². The molecule has 16 heteroatoms. The molecule has 0 atom stereocenters. The fraction of sp³-hybridized carbons (Fsp3) is 0.389. The second-order valence-electron chi connectivity index (χ2n) is 6.62. The highest BCUT2D eigenvalue weighted by atomic mass is 32.2. The first-order chi connectivity index (χ1) is 15.8. The lowest BCUT2D eigenvalue weighted by Crippen LogP contribution is -2.41. The number of hydrogen-bond donors (Lipinski definition) is 0. The molecule has 3 heterocycles. The number of halogens is 5. The smallest absolute Gasteiger partial charge is 0.456 e. The molecule has 0 aliphatic carbocycles. The quantitative estimate of drug-likeness (QED) is 0.333. The second-order valence-corrected chi connectivity index (χ2v) is 8.81. The molecular formula is C18H16F5N5O5S. The summed E-state index contributed by atoms with van der Waals surface area (Å²) in [6.07, 6.45) is -4.61. The molecule has 3 rings (SSSR count). The average Bonchev–Trinajstić information content (AvgIpc) is 3.18. The molecule has 0 amide bonds. The summed E-state index contributed by atoms with van der Waals surface area (Å²) in [5.74, 6) is -6.96. The summed E-state index contributed by atoms with van der Waals surface area (Å²) in [5.41, 5.74) is -0.560. The number of ether oxygens (including phenoxy) is 2. The Labute approximate surface area is 188 Å². The van der Waals surface area contributed by atoms with Gasteiger partial charge in [0.05, 0.1) is 17.9 Å². The van der Waals surface area contributed by atoms with E-state index >= 15 is 0 Å². The van der Waals surface area contributed by atoms with Gasteiger partial charge in [-0.2, -0.15) is 27.1 Å². The molecular weight excluding hydrogens is 493 g/mol. The normalized spacial score (nSPS) is 12.7. The van der Waals surface area contributed by atoms with Gasteiger partial charge in [0, 0.05) is 12.3 Å². The Bertz CT molecular complexity index is 1310. The summed E-state index contributed by atoms with van der Waals surface area (Å²) in [4.78, 5) is 16.3. The first-order valence-electron chi connectivity index (χ1n) is 9.51. The maximum Gasteiger partial charge on any atom is 0.456 e. The lowest BCUT2D eigenvalue weighted by molar-refractivity contribution is -0.290. The monoisotopic (exact) mass is 509 g/mol. The minimum Gasteiger partial charge on any atom is -0.470 e. The summed E-state index contributed by atoms with van der Waals surface area (Å²) in [6.45, 7) is 0.937. The van der Waals surface area contributed by atoms with Crippen LogP contribution in [0, 0.1) is 0 Å². The van der Waals surface area contributed by atoms with E-state index in [1.807, 2.05) is 0 Å². The van der Waals surface area contributed by atoms with Crippen LogP contribution in [0.25, 0.3) is 16.9 Å². The van der Waals surface area contributed by atoms with Crippen molar-refractivity contribution >= 4 is 21.5 Å². The minimum atomic E-state index is -5.82. The number of sulfone groups is 1. The predicted molar refractivity (Wildman–Crippen MR) is 104 cm³/mol. The second kappa shape index (κ2) is 9.08. The molecule has 0 saturated heterocycles. The zero-order valence-electron chi connectivity index (χ0n) is 17.5. The van der Waals surface area contributed by atoms with Crippen molar-refractivity contribution in [2.75, 3.05) is 19.0 Å². The van der Waals surface area contributed by atoms with Crippen molar-refractivity contribution in [2.45, 2.75) is 31.0 Å². The van der Waals surface area contributed by atoms with E-state index in [9.17, 15) is 35.2 Å². The van der Waals surface area contributed by atoms with Crippen molar-refractivity contribution in [3.05, 3.63) is 30.1 Å². The van der Waals surface area contributed by atoms with Crippen LogP contribution in [0.15, 0.2) is 29.4 Å². The summed E-state index contributed by atoms with van der Waals surface area (Å²) in [7, 11) is -4.00. The minimum absolute atomic E-state index is 0.0389. The first kappa shape index (κ1) is 25.2. The molecule has 0 aliphatic heterocycles. The molecule has 0 unspecified atom stereocenters. The number of rotatable bonds is 8.